The number of hydrogen-bond donors (Lipinski definition) is 3. The third-order valence-corrected chi connectivity index (χ3v) is 6.73. The first kappa shape index (κ1) is 27.4. The van der Waals surface area contributed by atoms with Crippen LogP contribution >= 0.6 is 46.0 Å². The van der Waals surface area contributed by atoms with Crippen LogP contribution < -0.4 is 10.7 Å². The molecule has 1 amide bonds. The molecule has 14 heteroatoms. The van der Waals surface area contributed by atoms with Gasteiger partial charge in [-0.2, -0.15) is 5.10 Å². The number of hydrazone groups is 1. The van der Waals surface area contributed by atoms with Gasteiger partial charge in [0.05, 0.1) is 22.9 Å². The molecule has 0 bridgehead atoms. The van der Waals surface area contributed by atoms with Crippen molar-refractivity contribution in [2.24, 2.45) is 5.10 Å². The van der Waals surface area contributed by atoms with E-state index in [2.05, 4.69) is 55.2 Å². The van der Waals surface area contributed by atoms with Gasteiger partial charge in [0.15, 0.2) is 11.0 Å². The van der Waals surface area contributed by atoms with Crippen molar-refractivity contribution in [3.05, 3.63) is 79.1 Å². The molecule has 36 heavy (non-hydrogen) atoms. The molecule has 2 aromatic carbocycles. The average molecular weight is 642 g/mol. The largest absolute Gasteiger partial charge is 0.502 e. The molecule has 0 aliphatic heterocycles. The van der Waals surface area contributed by atoms with Crippen molar-refractivity contribution >= 4 is 69.5 Å². The Hall–Kier alpha value is -3.17. The van der Waals surface area contributed by atoms with Gasteiger partial charge in [-0.1, -0.05) is 29.4 Å². The number of halogens is 2. The zero-order chi connectivity index (χ0) is 26.2. The van der Waals surface area contributed by atoms with Crippen molar-refractivity contribution < 1.29 is 14.8 Å². The monoisotopic (exact) mass is 641 g/mol. The van der Waals surface area contributed by atoms with Gasteiger partial charge in [0, 0.05) is 32.5 Å². The van der Waals surface area contributed by atoms with Gasteiger partial charge in [0.1, 0.15) is 0 Å². The summed E-state index contributed by atoms with van der Waals surface area (Å²) in [5, 5.41) is 36.6. The second-order valence-corrected chi connectivity index (χ2v) is 10.3. The number of thioether (sulfide) groups is 1. The number of hydrogen-bond acceptors (Lipinski definition) is 9. The molecule has 11 nitrogen and oxygen atoms in total. The number of rotatable bonds is 11. The predicted molar refractivity (Wildman–Crippen MR) is 148 cm³/mol. The molecule has 3 rings (SSSR count). The summed E-state index contributed by atoms with van der Waals surface area (Å²) in [6, 6.07) is 10.3. The van der Waals surface area contributed by atoms with Crippen LogP contribution in [0.1, 0.15) is 18.3 Å². The molecule has 3 aromatic rings. The van der Waals surface area contributed by atoms with E-state index >= 15 is 0 Å². The summed E-state index contributed by atoms with van der Waals surface area (Å²) in [4.78, 5) is 22.8. The molecule has 0 spiro atoms. The molecule has 1 heterocycles. The van der Waals surface area contributed by atoms with Gasteiger partial charge in [-0.05, 0) is 59.8 Å². The van der Waals surface area contributed by atoms with Crippen molar-refractivity contribution in [3.63, 3.8) is 0 Å². The highest BCUT2D eigenvalue weighted by molar-refractivity contribution is 14.1. The Bertz CT molecular complexity index is 1300. The number of phenolic OH excluding ortho intramolecular Hbond substituents is 1. The van der Waals surface area contributed by atoms with Crippen molar-refractivity contribution in [1.29, 1.82) is 0 Å². The summed E-state index contributed by atoms with van der Waals surface area (Å²) in [6.45, 7) is 6.35. The third kappa shape index (κ3) is 7.18. The first-order valence-corrected chi connectivity index (χ1v) is 12.7. The zero-order valence-corrected chi connectivity index (χ0v) is 22.6. The molecule has 0 aliphatic carbocycles. The molecule has 0 aliphatic rings. The fraction of sp³-hybridized carbons (Fsp3) is 0.182. The van der Waals surface area contributed by atoms with Crippen LogP contribution in [-0.2, 0) is 17.9 Å². The fourth-order valence-corrected chi connectivity index (χ4v) is 4.36. The Morgan fingerprint density at radius 2 is 2.11 bits per heavy atom. The van der Waals surface area contributed by atoms with E-state index in [1.54, 1.807) is 13.0 Å². The number of aromatic hydroxyl groups is 1. The van der Waals surface area contributed by atoms with E-state index in [9.17, 15) is 20.0 Å². The lowest BCUT2D eigenvalue weighted by Gasteiger charge is -2.12. The number of amides is 1. The van der Waals surface area contributed by atoms with Crippen LogP contribution in [0.4, 0.5) is 11.4 Å². The maximum atomic E-state index is 12.5. The fourth-order valence-electron chi connectivity index (χ4n) is 2.91. The lowest BCUT2D eigenvalue weighted by atomic mass is 10.2. The van der Waals surface area contributed by atoms with Crippen molar-refractivity contribution in [2.75, 3.05) is 5.32 Å². The maximum Gasteiger partial charge on any atom is 0.312 e. The normalized spacial score (nSPS) is 11.9. The first-order chi connectivity index (χ1) is 17.2. The van der Waals surface area contributed by atoms with E-state index in [0.29, 0.717) is 24.1 Å². The molecular weight excluding hydrogens is 621 g/mol. The van der Waals surface area contributed by atoms with Crippen LogP contribution in [-0.4, -0.2) is 42.2 Å². The minimum Gasteiger partial charge on any atom is -0.502 e. The molecule has 3 N–H and O–H groups in total. The van der Waals surface area contributed by atoms with E-state index in [1.165, 1.54) is 17.8 Å². The van der Waals surface area contributed by atoms with Crippen LogP contribution in [0, 0.1) is 13.7 Å². The topological polar surface area (TPSA) is 148 Å². The number of nitrogens with zero attached hydrogens (tertiary/aromatic N) is 5. The quantitative estimate of drug-likeness (QED) is 0.0689. The van der Waals surface area contributed by atoms with E-state index in [0.717, 1.165) is 21.5 Å². The number of nitro benzene ring substituents is 1. The summed E-state index contributed by atoms with van der Waals surface area (Å²) >= 11 is 9.29. The summed E-state index contributed by atoms with van der Waals surface area (Å²) in [5.41, 5.74) is 2.72. The number of anilines is 1. The van der Waals surface area contributed by atoms with E-state index < -0.39 is 27.5 Å². The number of nitrogens with one attached hydrogen (secondary N) is 2. The molecule has 188 valence electrons. The molecule has 1 atom stereocenters. The zero-order valence-electron chi connectivity index (χ0n) is 18.9. The molecule has 0 saturated heterocycles. The van der Waals surface area contributed by atoms with Crippen LogP contribution in [0.25, 0.3) is 0 Å². The molecule has 1 aromatic heterocycles. The number of carbonyl (C=O) groups excluding carboxylic acids is 1. The second-order valence-electron chi connectivity index (χ2n) is 7.27. The van der Waals surface area contributed by atoms with Crippen molar-refractivity contribution in [1.82, 2.24) is 20.2 Å². The van der Waals surface area contributed by atoms with Crippen molar-refractivity contribution in [2.45, 2.75) is 30.4 Å². The van der Waals surface area contributed by atoms with E-state index in [-0.39, 0.29) is 10.6 Å². The highest BCUT2D eigenvalue weighted by Crippen LogP contribution is 2.32. The third-order valence-electron chi connectivity index (χ3n) is 4.71. The Labute approximate surface area is 229 Å². The van der Waals surface area contributed by atoms with Gasteiger partial charge in [0.2, 0.25) is 5.75 Å². The maximum absolute atomic E-state index is 12.5. The Morgan fingerprint density at radius 1 is 1.39 bits per heavy atom. The van der Waals surface area contributed by atoms with E-state index in [1.807, 2.05) is 28.8 Å². The lowest BCUT2D eigenvalue weighted by molar-refractivity contribution is -0.385. The van der Waals surface area contributed by atoms with Gasteiger partial charge in [0.25, 0.3) is 5.91 Å². The summed E-state index contributed by atoms with van der Waals surface area (Å²) in [6.07, 6.45) is 2.80. The molecule has 0 fully saturated rings. The highest BCUT2D eigenvalue weighted by Gasteiger charge is 2.20. The van der Waals surface area contributed by atoms with Crippen LogP contribution in [0.15, 0.2) is 59.3 Å². The van der Waals surface area contributed by atoms with Crippen molar-refractivity contribution in [3.8, 4) is 5.75 Å². The second kappa shape index (κ2) is 12.7. The smallest absolute Gasteiger partial charge is 0.312 e. The van der Waals surface area contributed by atoms with Crippen LogP contribution in [0.2, 0.25) is 5.02 Å². The Morgan fingerprint density at radius 3 is 2.78 bits per heavy atom. The average Bonchev–Trinajstić information content (AvgIpc) is 3.21. The minimum absolute atomic E-state index is 0.00852. The van der Waals surface area contributed by atoms with Gasteiger partial charge in [-0.3, -0.25) is 14.9 Å². The number of phenols is 1. The SMILES string of the molecule is C=CCn1c(CNc2ccc(I)cc2)nnc1S[C@H](C)C(=O)N/N=C\c1cc(Cl)cc([N+](=O)[O-])c1O. The number of nitro groups is 1. The van der Waals surface area contributed by atoms with Gasteiger partial charge < -0.3 is 15.0 Å². The Balaban J connectivity index is 1.64. The molecule has 0 unspecified atom stereocenters. The molecule has 0 saturated carbocycles. The summed E-state index contributed by atoms with van der Waals surface area (Å²) in [7, 11) is 0. The number of benzene rings is 2. The number of allylic oxidation sites excluding steroid dienone is 1. The van der Waals surface area contributed by atoms with Crippen LogP contribution in [0.3, 0.4) is 0 Å². The minimum atomic E-state index is -0.764. The summed E-state index contributed by atoms with van der Waals surface area (Å²) in [5.74, 6) is -0.368. The van der Waals surface area contributed by atoms with Gasteiger partial charge >= 0.3 is 5.69 Å². The first-order valence-electron chi connectivity index (χ1n) is 10.4. The van der Waals surface area contributed by atoms with E-state index in [4.69, 9.17) is 11.6 Å². The summed E-state index contributed by atoms with van der Waals surface area (Å²) < 4.78 is 2.99. The number of aromatic nitrogens is 3. The number of carbonyl (C=O) groups is 1. The molecular formula is C22H21ClIN7O4S. The highest BCUT2D eigenvalue weighted by atomic mass is 127. The lowest BCUT2D eigenvalue weighted by Crippen LogP contribution is -2.27. The van der Waals surface area contributed by atoms with Crippen LogP contribution in [0.5, 0.6) is 5.75 Å². The van der Waals surface area contributed by atoms with Gasteiger partial charge in [-0.15, -0.1) is 16.8 Å². The standard InChI is InChI=1S/C22H21ClIN7O4S/c1-3-8-30-19(12-25-17-6-4-16(24)5-7-17)27-29-22(30)36-13(2)21(33)28-26-11-14-9-15(23)10-18(20(14)32)31(34)35/h3-7,9-11,13,25,32H,1,8,12H2,2H3,(H,28,33)/b26-11-/t13-/m1/s1. The van der Waals surface area contributed by atoms with Gasteiger partial charge in [-0.25, -0.2) is 5.43 Å². The molecule has 0 radical (unpaired) electrons. The predicted octanol–water partition coefficient (Wildman–Crippen LogP) is 4.58. The Kier molecular flexibility index (Phi) is 9.66.